The van der Waals surface area contributed by atoms with Crippen molar-refractivity contribution in [2.75, 3.05) is 18.0 Å². The Labute approximate surface area is 76.4 Å². The number of halogens is 1. The lowest BCUT2D eigenvalue weighted by atomic mass is 10.3. The molecule has 0 spiro atoms. The van der Waals surface area contributed by atoms with E-state index in [1.165, 1.54) is 12.3 Å². The molecule has 0 saturated carbocycles. The van der Waals surface area contributed by atoms with Crippen LogP contribution in [0.4, 0.5) is 10.2 Å². The van der Waals surface area contributed by atoms with Crippen LogP contribution >= 0.6 is 0 Å². The second-order valence-electron chi connectivity index (χ2n) is 3.33. The van der Waals surface area contributed by atoms with Gasteiger partial charge in [-0.25, -0.2) is 9.37 Å². The van der Waals surface area contributed by atoms with Gasteiger partial charge >= 0.3 is 0 Å². The van der Waals surface area contributed by atoms with Crippen molar-refractivity contribution in [3.63, 3.8) is 0 Å². The Morgan fingerprint density at radius 3 is 2.92 bits per heavy atom. The highest BCUT2D eigenvalue weighted by atomic mass is 19.1. The number of aromatic nitrogens is 1. The Bertz CT molecular complexity index is 285. The molecule has 0 aromatic carbocycles. The summed E-state index contributed by atoms with van der Waals surface area (Å²) in [6, 6.07) is 3.34. The van der Waals surface area contributed by atoms with E-state index < -0.39 is 0 Å². The Balaban J connectivity index is 2.13. The highest BCUT2D eigenvalue weighted by Crippen LogP contribution is 2.16. The van der Waals surface area contributed by atoms with Crippen LogP contribution in [0.2, 0.25) is 0 Å². The average molecular weight is 181 g/mol. The first-order valence-corrected chi connectivity index (χ1v) is 4.38. The fourth-order valence-corrected chi connectivity index (χ4v) is 1.55. The molecule has 0 bridgehead atoms. The van der Waals surface area contributed by atoms with E-state index in [9.17, 15) is 4.39 Å². The third-order valence-corrected chi connectivity index (χ3v) is 2.26. The molecule has 1 aliphatic heterocycles. The first-order chi connectivity index (χ1) is 6.25. The van der Waals surface area contributed by atoms with E-state index in [0.29, 0.717) is 0 Å². The van der Waals surface area contributed by atoms with E-state index in [2.05, 4.69) is 9.88 Å². The average Bonchev–Trinajstić information content (AvgIpc) is 2.53. The van der Waals surface area contributed by atoms with E-state index in [-0.39, 0.29) is 11.9 Å². The molecular formula is C9H12FN3. The minimum absolute atomic E-state index is 0.229. The summed E-state index contributed by atoms with van der Waals surface area (Å²) < 4.78 is 12.5. The standard InChI is InChI=1S/C9H12FN3/c10-7-1-2-9(12-5-7)13-4-3-8(11)6-13/h1-2,5,8H,3-4,6,11H2/t8-/m1/s1. The van der Waals surface area contributed by atoms with Gasteiger partial charge in [0.1, 0.15) is 11.6 Å². The molecule has 2 rings (SSSR count). The maximum absolute atomic E-state index is 12.5. The Kier molecular flexibility index (Phi) is 2.14. The van der Waals surface area contributed by atoms with Gasteiger partial charge in [-0.3, -0.25) is 0 Å². The summed E-state index contributed by atoms with van der Waals surface area (Å²) in [4.78, 5) is 6.06. The molecule has 2 heterocycles. The molecule has 0 radical (unpaired) electrons. The second kappa shape index (κ2) is 3.30. The van der Waals surface area contributed by atoms with Gasteiger partial charge in [-0.05, 0) is 18.6 Å². The molecule has 1 aromatic rings. The van der Waals surface area contributed by atoms with Gasteiger partial charge in [0.05, 0.1) is 6.20 Å². The summed E-state index contributed by atoms with van der Waals surface area (Å²) in [6.07, 6.45) is 2.22. The summed E-state index contributed by atoms with van der Waals surface area (Å²) in [7, 11) is 0. The number of nitrogens with zero attached hydrogens (tertiary/aromatic N) is 2. The molecule has 13 heavy (non-hydrogen) atoms. The highest BCUT2D eigenvalue weighted by Gasteiger charge is 2.19. The molecule has 0 amide bonds. The molecule has 1 aliphatic rings. The summed E-state index contributed by atoms with van der Waals surface area (Å²) in [5.41, 5.74) is 5.75. The summed E-state index contributed by atoms with van der Waals surface area (Å²) in [5.74, 6) is 0.515. The van der Waals surface area contributed by atoms with Crippen molar-refractivity contribution in [1.82, 2.24) is 4.98 Å². The quantitative estimate of drug-likeness (QED) is 0.695. The topological polar surface area (TPSA) is 42.1 Å². The van der Waals surface area contributed by atoms with Gasteiger partial charge in [0.2, 0.25) is 0 Å². The van der Waals surface area contributed by atoms with Crippen LogP contribution < -0.4 is 10.6 Å². The molecule has 0 unspecified atom stereocenters. The van der Waals surface area contributed by atoms with Crippen molar-refractivity contribution in [2.24, 2.45) is 5.73 Å². The molecule has 3 nitrogen and oxygen atoms in total. The SMILES string of the molecule is N[C@@H]1CCN(c2ccc(F)cn2)C1. The molecule has 1 aromatic heterocycles. The van der Waals surface area contributed by atoms with Gasteiger partial charge in [-0.15, -0.1) is 0 Å². The van der Waals surface area contributed by atoms with Crippen LogP contribution in [-0.2, 0) is 0 Å². The first-order valence-electron chi connectivity index (χ1n) is 4.38. The minimum atomic E-state index is -0.299. The number of rotatable bonds is 1. The van der Waals surface area contributed by atoms with Crippen molar-refractivity contribution in [3.8, 4) is 0 Å². The van der Waals surface area contributed by atoms with E-state index in [1.54, 1.807) is 6.07 Å². The molecule has 1 fully saturated rings. The Morgan fingerprint density at radius 1 is 1.54 bits per heavy atom. The smallest absolute Gasteiger partial charge is 0.141 e. The fraction of sp³-hybridized carbons (Fsp3) is 0.444. The Hall–Kier alpha value is -1.16. The monoisotopic (exact) mass is 181 g/mol. The Morgan fingerprint density at radius 2 is 2.38 bits per heavy atom. The number of hydrogen-bond donors (Lipinski definition) is 1. The van der Waals surface area contributed by atoms with E-state index >= 15 is 0 Å². The van der Waals surface area contributed by atoms with Gasteiger partial charge < -0.3 is 10.6 Å². The number of hydrogen-bond acceptors (Lipinski definition) is 3. The largest absolute Gasteiger partial charge is 0.355 e. The zero-order valence-electron chi connectivity index (χ0n) is 7.28. The lowest BCUT2D eigenvalue weighted by Crippen LogP contribution is -2.26. The molecule has 0 aliphatic carbocycles. The van der Waals surface area contributed by atoms with Crippen LogP contribution in [0.15, 0.2) is 18.3 Å². The fourth-order valence-electron chi connectivity index (χ4n) is 1.55. The number of anilines is 1. The lowest BCUT2D eigenvalue weighted by Gasteiger charge is -2.15. The minimum Gasteiger partial charge on any atom is -0.355 e. The van der Waals surface area contributed by atoms with Crippen molar-refractivity contribution in [2.45, 2.75) is 12.5 Å². The van der Waals surface area contributed by atoms with Gasteiger partial charge in [0, 0.05) is 19.1 Å². The van der Waals surface area contributed by atoms with Crippen LogP contribution in [-0.4, -0.2) is 24.1 Å². The van der Waals surface area contributed by atoms with Crippen molar-refractivity contribution in [1.29, 1.82) is 0 Å². The predicted octanol–water partition coefficient (Wildman–Crippen LogP) is 0.758. The van der Waals surface area contributed by atoms with Gasteiger partial charge in [-0.1, -0.05) is 0 Å². The van der Waals surface area contributed by atoms with Gasteiger partial charge in [0.25, 0.3) is 0 Å². The van der Waals surface area contributed by atoms with E-state index in [4.69, 9.17) is 5.73 Å². The van der Waals surface area contributed by atoms with Crippen LogP contribution in [0.1, 0.15) is 6.42 Å². The zero-order chi connectivity index (χ0) is 9.26. The van der Waals surface area contributed by atoms with Crippen molar-refractivity contribution < 1.29 is 4.39 Å². The van der Waals surface area contributed by atoms with Crippen molar-refractivity contribution >= 4 is 5.82 Å². The summed E-state index contributed by atoms with van der Waals surface area (Å²) in [5, 5.41) is 0. The third kappa shape index (κ3) is 1.78. The maximum atomic E-state index is 12.5. The summed E-state index contributed by atoms with van der Waals surface area (Å²) in [6.45, 7) is 1.73. The van der Waals surface area contributed by atoms with Crippen LogP contribution in [0.3, 0.4) is 0 Å². The predicted molar refractivity (Wildman–Crippen MR) is 49.0 cm³/mol. The lowest BCUT2D eigenvalue weighted by molar-refractivity contribution is 0.621. The summed E-state index contributed by atoms with van der Waals surface area (Å²) >= 11 is 0. The molecular weight excluding hydrogens is 169 g/mol. The maximum Gasteiger partial charge on any atom is 0.141 e. The molecule has 2 N–H and O–H groups in total. The van der Waals surface area contributed by atoms with Gasteiger partial charge in [0.15, 0.2) is 0 Å². The molecule has 4 heteroatoms. The van der Waals surface area contributed by atoms with Crippen LogP contribution in [0.25, 0.3) is 0 Å². The third-order valence-electron chi connectivity index (χ3n) is 2.26. The first kappa shape index (κ1) is 8.44. The highest BCUT2D eigenvalue weighted by molar-refractivity contribution is 5.39. The second-order valence-corrected chi connectivity index (χ2v) is 3.33. The number of nitrogens with two attached hydrogens (primary N) is 1. The van der Waals surface area contributed by atoms with Gasteiger partial charge in [-0.2, -0.15) is 0 Å². The van der Waals surface area contributed by atoms with E-state index in [0.717, 1.165) is 25.3 Å². The zero-order valence-corrected chi connectivity index (χ0v) is 7.28. The molecule has 1 saturated heterocycles. The normalized spacial score (nSPS) is 22.3. The van der Waals surface area contributed by atoms with Crippen molar-refractivity contribution in [3.05, 3.63) is 24.1 Å². The van der Waals surface area contributed by atoms with Crippen LogP contribution in [0, 0.1) is 5.82 Å². The molecule has 1 atom stereocenters. The van der Waals surface area contributed by atoms with E-state index in [1.807, 2.05) is 0 Å². The molecule has 70 valence electrons. The number of pyridine rings is 1. The van der Waals surface area contributed by atoms with Crippen LogP contribution in [0.5, 0.6) is 0 Å².